The summed E-state index contributed by atoms with van der Waals surface area (Å²) in [6.45, 7) is -0.293. The van der Waals surface area contributed by atoms with Crippen LogP contribution in [0.1, 0.15) is 38.5 Å². The molecule has 0 aliphatic heterocycles. The van der Waals surface area contributed by atoms with Gasteiger partial charge >= 0.3 is 10.2 Å². The minimum absolute atomic E-state index is 0.293. The van der Waals surface area contributed by atoms with E-state index in [1.807, 2.05) is 0 Å². The van der Waals surface area contributed by atoms with Gasteiger partial charge in [-0.3, -0.25) is 4.39 Å². The van der Waals surface area contributed by atoms with Gasteiger partial charge in [-0.1, -0.05) is 25.7 Å². The van der Waals surface area contributed by atoms with Crippen LogP contribution in [0.5, 0.6) is 0 Å². The molecule has 0 amide bonds. The average Bonchev–Trinajstić information content (AvgIpc) is 2.01. The first-order valence-electron chi connectivity index (χ1n) is 4.54. The second-order valence-corrected chi connectivity index (χ2v) is 4.54. The van der Waals surface area contributed by atoms with Gasteiger partial charge in [-0.25, -0.2) is 0 Å². The Balaban J connectivity index is 3.09. The quantitative estimate of drug-likeness (QED) is 0.459. The highest BCUT2D eigenvalue weighted by molar-refractivity contribution is 7.86. The third kappa shape index (κ3) is 11.8. The summed E-state index contributed by atoms with van der Waals surface area (Å²) >= 11 is 0. The number of halogens is 2. The highest BCUT2D eigenvalue weighted by atomic mass is 32.3. The first kappa shape index (κ1) is 12.8. The molecular weight excluding hydrogens is 198 g/mol. The van der Waals surface area contributed by atoms with Crippen LogP contribution in [-0.4, -0.2) is 20.8 Å². The predicted octanol–water partition coefficient (Wildman–Crippen LogP) is 2.60. The lowest BCUT2D eigenvalue weighted by Gasteiger charge is -1.98. The molecule has 0 aromatic carbocycles. The molecule has 0 aliphatic carbocycles. The monoisotopic (exact) mass is 214 g/mol. The smallest absolute Gasteiger partial charge is 0.251 e. The van der Waals surface area contributed by atoms with Crippen LogP contribution in [0, 0.1) is 0 Å². The second kappa shape index (κ2) is 7.24. The summed E-state index contributed by atoms with van der Waals surface area (Å²) in [5.74, 6) is -0.379. The van der Waals surface area contributed by atoms with Crippen molar-refractivity contribution in [1.82, 2.24) is 0 Å². The molecule has 0 N–H and O–H groups in total. The minimum Gasteiger partial charge on any atom is -0.251 e. The number of unbranched alkanes of at least 4 members (excludes halogenated alkanes) is 5. The maximum absolute atomic E-state index is 11.9. The van der Waals surface area contributed by atoms with Crippen molar-refractivity contribution in [3.8, 4) is 0 Å². The van der Waals surface area contributed by atoms with E-state index in [1.54, 1.807) is 0 Å². The molecule has 2 nitrogen and oxygen atoms in total. The fourth-order valence-corrected chi connectivity index (χ4v) is 1.63. The lowest BCUT2D eigenvalue weighted by atomic mass is 10.1. The number of rotatable bonds is 8. The van der Waals surface area contributed by atoms with Crippen molar-refractivity contribution >= 4 is 10.2 Å². The van der Waals surface area contributed by atoms with Crippen LogP contribution in [0.25, 0.3) is 0 Å². The van der Waals surface area contributed by atoms with Gasteiger partial charge in [0, 0.05) is 0 Å². The molecule has 0 radical (unpaired) electrons. The predicted molar refractivity (Wildman–Crippen MR) is 48.6 cm³/mol. The van der Waals surface area contributed by atoms with Crippen LogP contribution in [0.2, 0.25) is 0 Å². The first-order chi connectivity index (χ1) is 6.06. The number of hydrogen-bond acceptors (Lipinski definition) is 2. The van der Waals surface area contributed by atoms with Gasteiger partial charge in [0.15, 0.2) is 0 Å². The maximum Gasteiger partial charge on any atom is 0.302 e. The molecule has 0 spiro atoms. The molecular formula is C8H16F2O2S. The molecule has 0 bridgehead atoms. The third-order valence-corrected chi connectivity index (χ3v) is 2.55. The van der Waals surface area contributed by atoms with E-state index in [-0.39, 0.29) is 12.4 Å². The molecule has 80 valence electrons. The van der Waals surface area contributed by atoms with Crippen LogP contribution in [0.4, 0.5) is 8.28 Å². The van der Waals surface area contributed by atoms with E-state index in [1.165, 1.54) is 0 Å². The van der Waals surface area contributed by atoms with Crippen molar-refractivity contribution in [3.05, 3.63) is 0 Å². The molecule has 0 heterocycles. The summed E-state index contributed by atoms with van der Waals surface area (Å²) in [7, 11) is -4.28. The van der Waals surface area contributed by atoms with E-state index in [9.17, 15) is 16.7 Å². The van der Waals surface area contributed by atoms with Crippen molar-refractivity contribution in [1.29, 1.82) is 0 Å². The highest BCUT2D eigenvalue weighted by Crippen LogP contribution is 2.07. The van der Waals surface area contributed by atoms with E-state index in [2.05, 4.69) is 0 Å². The molecule has 0 fully saturated rings. The molecule has 0 atom stereocenters. The van der Waals surface area contributed by atoms with Crippen molar-refractivity contribution in [2.75, 3.05) is 12.4 Å². The first-order valence-corrected chi connectivity index (χ1v) is 6.10. The maximum atomic E-state index is 11.9. The summed E-state index contributed by atoms with van der Waals surface area (Å²) in [5, 5.41) is 0. The molecule has 0 aromatic heterocycles. The highest BCUT2D eigenvalue weighted by Gasteiger charge is 2.05. The van der Waals surface area contributed by atoms with Gasteiger partial charge in [0.2, 0.25) is 0 Å². The van der Waals surface area contributed by atoms with Crippen molar-refractivity contribution < 1.29 is 16.7 Å². The molecule has 0 aliphatic rings. The van der Waals surface area contributed by atoms with E-state index in [0.717, 1.165) is 19.3 Å². The number of alkyl halides is 1. The van der Waals surface area contributed by atoms with Gasteiger partial charge in [0.05, 0.1) is 12.4 Å². The zero-order valence-electron chi connectivity index (χ0n) is 7.64. The number of hydrogen-bond donors (Lipinski definition) is 0. The summed E-state index contributed by atoms with van der Waals surface area (Å²) in [6, 6.07) is 0. The molecule has 0 aromatic rings. The van der Waals surface area contributed by atoms with Crippen molar-refractivity contribution in [2.24, 2.45) is 0 Å². The van der Waals surface area contributed by atoms with Gasteiger partial charge in [0.1, 0.15) is 0 Å². The molecule has 0 saturated heterocycles. The van der Waals surface area contributed by atoms with Gasteiger partial charge in [0.25, 0.3) is 0 Å². The summed E-state index contributed by atoms with van der Waals surface area (Å²) in [5.41, 5.74) is 0. The molecule has 0 unspecified atom stereocenters. The van der Waals surface area contributed by atoms with Crippen LogP contribution < -0.4 is 0 Å². The summed E-state index contributed by atoms with van der Waals surface area (Å²) < 4.78 is 43.6. The van der Waals surface area contributed by atoms with Crippen molar-refractivity contribution in [2.45, 2.75) is 38.5 Å². The Labute approximate surface area is 78.5 Å². The van der Waals surface area contributed by atoms with Crippen LogP contribution in [0.3, 0.4) is 0 Å². The molecule has 5 heteroatoms. The Morgan fingerprint density at radius 1 is 0.846 bits per heavy atom. The van der Waals surface area contributed by atoms with Crippen LogP contribution >= 0.6 is 0 Å². The van der Waals surface area contributed by atoms with E-state index in [0.29, 0.717) is 19.3 Å². The zero-order chi connectivity index (χ0) is 10.2. The van der Waals surface area contributed by atoms with Gasteiger partial charge in [-0.2, -0.15) is 8.42 Å². The standard InChI is InChI=1S/C8H16F2O2S/c9-7-5-3-1-2-4-6-8-13(10,11)12/h1-8H2. The fourth-order valence-electron chi connectivity index (χ4n) is 1.08. The lowest BCUT2D eigenvalue weighted by Crippen LogP contribution is -1.97. The Hall–Kier alpha value is -0.190. The molecule has 0 rings (SSSR count). The summed E-state index contributed by atoms with van der Waals surface area (Å²) in [4.78, 5) is 0. The van der Waals surface area contributed by atoms with Crippen LogP contribution in [-0.2, 0) is 10.2 Å². The topological polar surface area (TPSA) is 34.1 Å². The van der Waals surface area contributed by atoms with E-state index in [4.69, 9.17) is 0 Å². The zero-order valence-corrected chi connectivity index (χ0v) is 8.45. The third-order valence-electron chi connectivity index (χ3n) is 1.77. The van der Waals surface area contributed by atoms with Gasteiger partial charge < -0.3 is 0 Å². The molecule has 0 saturated carbocycles. The normalized spacial score (nSPS) is 11.8. The molecule has 13 heavy (non-hydrogen) atoms. The average molecular weight is 214 g/mol. The van der Waals surface area contributed by atoms with Crippen LogP contribution in [0.15, 0.2) is 0 Å². The lowest BCUT2D eigenvalue weighted by molar-refractivity contribution is 0.451. The Morgan fingerprint density at radius 3 is 1.77 bits per heavy atom. The Morgan fingerprint density at radius 2 is 1.31 bits per heavy atom. The van der Waals surface area contributed by atoms with E-state index < -0.39 is 10.2 Å². The Kier molecular flexibility index (Phi) is 7.13. The SMILES string of the molecule is O=S(=O)(F)CCCCCCCCF. The fraction of sp³-hybridized carbons (Fsp3) is 1.00. The largest absolute Gasteiger partial charge is 0.302 e. The Bertz CT molecular complexity index is 202. The van der Waals surface area contributed by atoms with Gasteiger partial charge in [-0.05, 0) is 12.8 Å². The van der Waals surface area contributed by atoms with E-state index >= 15 is 0 Å². The minimum atomic E-state index is -4.28. The van der Waals surface area contributed by atoms with Crippen molar-refractivity contribution in [3.63, 3.8) is 0 Å². The summed E-state index contributed by atoms with van der Waals surface area (Å²) in [6.07, 6.45) is 4.23. The van der Waals surface area contributed by atoms with Gasteiger partial charge in [-0.15, -0.1) is 3.89 Å². The second-order valence-electron chi connectivity index (χ2n) is 3.05.